The maximum Gasteiger partial charge on any atom is 0.121 e. The molecule has 0 unspecified atom stereocenters. The van der Waals surface area contributed by atoms with Crippen molar-refractivity contribution in [1.29, 1.82) is 0 Å². The topological polar surface area (TPSA) is 41.7 Å². The van der Waals surface area contributed by atoms with Gasteiger partial charge in [-0.1, -0.05) is 13.2 Å². The first-order chi connectivity index (χ1) is 9.83. The zero-order valence-corrected chi connectivity index (χ0v) is 13.8. The predicted octanol–water partition coefficient (Wildman–Crippen LogP) is 3.70. The van der Waals surface area contributed by atoms with Crippen molar-refractivity contribution in [3.05, 3.63) is 37.1 Å². The lowest BCUT2D eigenvalue weighted by molar-refractivity contribution is 0.299. The van der Waals surface area contributed by atoms with Crippen molar-refractivity contribution in [2.75, 3.05) is 36.2 Å². The van der Waals surface area contributed by atoms with Crippen LogP contribution in [0.2, 0.25) is 0 Å². The monoisotopic (exact) mass is 289 g/mol. The number of anilines is 3. The SMILES string of the molecule is C=CN(C)c1cc(N)c(C(=C)OCC)cc1N(C)C(C)C. The minimum absolute atomic E-state index is 0.360. The molecule has 21 heavy (non-hydrogen) atoms. The van der Waals surface area contributed by atoms with Crippen molar-refractivity contribution < 1.29 is 4.74 Å². The fourth-order valence-electron chi connectivity index (χ4n) is 2.03. The number of rotatable bonds is 7. The number of nitrogens with two attached hydrogens (primary N) is 1. The summed E-state index contributed by atoms with van der Waals surface area (Å²) in [6.45, 7) is 14.6. The average Bonchev–Trinajstić information content (AvgIpc) is 2.45. The van der Waals surface area contributed by atoms with Gasteiger partial charge in [0.1, 0.15) is 5.76 Å². The molecule has 4 heteroatoms. The first-order valence-corrected chi connectivity index (χ1v) is 7.17. The third kappa shape index (κ3) is 3.72. The molecule has 0 saturated carbocycles. The molecule has 1 aromatic rings. The Kier molecular flexibility index (Phi) is 5.70. The first-order valence-electron chi connectivity index (χ1n) is 7.17. The highest BCUT2D eigenvalue weighted by Crippen LogP contribution is 2.36. The van der Waals surface area contributed by atoms with Gasteiger partial charge in [-0.2, -0.15) is 0 Å². The van der Waals surface area contributed by atoms with Crippen LogP contribution in [-0.2, 0) is 4.74 Å². The zero-order valence-electron chi connectivity index (χ0n) is 13.8. The van der Waals surface area contributed by atoms with Gasteiger partial charge in [-0.15, -0.1) is 0 Å². The van der Waals surface area contributed by atoms with Gasteiger partial charge in [0, 0.05) is 31.4 Å². The maximum atomic E-state index is 6.17. The van der Waals surface area contributed by atoms with Crippen LogP contribution in [0.15, 0.2) is 31.5 Å². The summed E-state index contributed by atoms with van der Waals surface area (Å²) in [4.78, 5) is 4.15. The molecule has 0 saturated heterocycles. The highest BCUT2D eigenvalue weighted by molar-refractivity contribution is 5.83. The van der Waals surface area contributed by atoms with E-state index < -0.39 is 0 Å². The molecule has 0 aromatic heterocycles. The molecule has 0 spiro atoms. The van der Waals surface area contributed by atoms with Gasteiger partial charge in [0.2, 0.25) is 0 Å². The van der Waals surface area contributed by atoms with Crippen LogP contribution in [0.4, 0.5) is 17.1 Å². The van der Waals surface area contributed by atoms with Crippen LogP contribution in [0.5, 0.6) is 0 Å². The Labute approximate surface area is 128 Å². The van der Waals surface area contributed by atoms with Gasteiger partial charge >= 0.3 is 0 Å². The van der Waals surface area contributed by atoms with E-state index in [2.05, 4.69) is 39.0 Å². The quantitative estimate of drug-likeness (QED) is 0.614. The fourth-order valence-corrected chi connectivity index (χ4v) is 2.03. The molecule has 1 rings (SSSR count). The molecule has 2 N–H and O–H groups in total. The second kappa shape index (κ2) is 7.07. The number of ether oxygens (including phenoxy) is 1. The van der Waals surface area contributed by atoms with Crippen LogP contribution in [0.1, 0.15) is 26.3 Å². The molecule has 0 fully saturated rings. The van der Waals surface area contributed by atoms with E-state index in [0.717, 1.165) is 16.9 Å². The van der Waals surface area contributed by atoms with E-state index in [4.69, 9.17) is 10.5 Å². The van der Waals surface area contributed by atoms with Gasteiger partial charge in [-0.05, 0) is 39.1 Å². The summed E-state index contributed by atoms with van der Waals surface area (Å²) in [6.07, 6.45) is 1.77. The summed E-state index contributed by atoms with van der Waals surface area (Å²) < 4.78 is 5.50. The van der Waals surface area contributed by atoms with E-state index in [1.54, 1.807) is 6.20 Å². The van der Waals surface area contributed by atoms with Crippen molar-refractivity contribution >= 4 is 22.8 Å². The summed E-state index contributed by atoms with van der Waals surface area (Å²) in [7, 11) is 4.01. The minimum Gasteiger partial charge on any atom is -0.494 e. The van der Waals surface area contributed by atoms with Crippen LogP contribution >= 0.6 is 0 Å². The number of nitrogen functional groups attached to an aromatic ring is 1. The summed E-state index contributed by atoms with van der Waals surface area (Å²) >= 11 is 0. The summed E-state index contributed by atoms with van der Waals surface area (Å²) in [5.41, 5.74) is 9.73. The molecule has 0 bridgehead atoms. The molecule has 0 radical (unpaired) electrons. The van der Waals surface area contributed by atoms with E-state index >= 15 is 0 Å². The van der Waals surface area contributed by atoms with Crippen molar-refractivity contribution in [2.24, 2.45) is 0 Å². The lowest BCUT2D eigenvalue weighted by atomic mass is 10.1. The Morgan fingerprint density at radius 3 is 2.43 bits per heavy atom. The minimum atomic E-state index is 0.360. The summed E-state index contributed by atoms with van der Waals surface area (Å²) in [6, 6.07) is 4.33. The van der Waals surface area contributed by atoms with Crippen LogP contribution < -0.4 is 15.5 Å². The first kappa shape index (κ1) is 17.0. The Bertz CT molecular complexity index is 523. The van der Waals surface area contributed by atoms with Gasteiger partial charge in [-0.25, -0.2) is 0 Å². The maximum absolute atomic E-state index is 6.17. The number of hydrogen-bond donors (Lipinski definition) is 1. The normalized spacial score (nSPS) is 10.4. The van der Waals surface area contributed by atoms with E-state index in [1.807, 2.05) is 31.0 Å². The Balaban J connectivity index is 3.44. The van der Waals surface area contributed by atoms with E-state index in [9.17, 15) is 0 Å². The lowest BCUT2D eigenvalue weighted by Gasteiger charge is -2.30. The fraction of sp³-hybridized carbons (Fsp3) is 0.412. The second-order valence-corrected chi connectivity index (χ2v) is 5.28. The van der Waals surface area contributed by atoms with Gasteiger partial charge < -0.3 is 20.3 Å². The predicted molar refractivity (Wildman–Crippen MR) is 93.7 cm³/mol. The van der Waals surface area contributed by atoms with Crippen molar-refractivity contribution in [3.63, 3.8) is 0 Å². The van der Waals surface area contributed by atoms with Crippen LogP contribution in [0, 0.1) is 0 Å². The standard InChI is InChI=1S/C17H27N3O/c1-8-19(6)16-11-15(18)14(13(5)21-9-2)10-17(16)20(7)12(3)4/h8,10-12H,1,5,9,18H2,2-4,6-7H3. The molecule has 0 amide bonds. The summed E-state index contributed by atoms with van der Waals surface area (Å²) in [5.74, 6) is 0.598. The van der Waals surface area contributed by atoms with Crippen molar-refractivity contribution in [3.8, 4) is 0 Å². The average molecular weight is 289 g/mol. The van der Waals surface area contributed by atoms with E-state index in [1.165, 1.54) is 0 Å². The molecule has 0 atom stereocenters. The number of benzene rings is 1. The molecule has 0 aliphatic rings. The van der Waals surface area contributed by atoms with Crippen molar-refractivity contribution in [1.82, 2.24) is 0 Å². The Morgan fingerprint density at radius 1 is 1.33 bits per heavy atom. The Hall–Kier alpha value is -2.10. The van der Waals surface area contributed by atoms with E-state index in [-0.39, 0.29) is 0 Å². The van der Waals surface area contributed by atoms with Gasteiger partial charge in [0.15, 0.2) is 0 Å². The molecular formula is C17H27N3O. The molecule has 1 aromatic carbocycles. The highest BCUT2D eigenvalue weighted by atomic mass is 16.5. The van der Waals surface area contributed by atoms with Crippen LogP contribution in [0.25, 0.3) is 5.76 Å². The number of nitrogens with zero attached hydrogens (tertiary/aromatic N) is 2. The summed E-state index contributed by atoms with van der Waals surface area (Å²) in [5, 5.41) is 0. The molecule has 0 aliphatic heterocycles. The van der Waals surface area contributed by atoms with Crippen LogP contribution in [-0.4, -0.2) is 26.7 Å². The molecule has 0 aliphatic carbocycles. The lowest BCUT2D eigenvalue weighted by Crippen LogP contribution is -2.27. The molecule has 116 valence electrons. The van der Waals surface area contributed by atoms with Gasteiger partial charge in [0.25, 0.3) is 0 Å². The van der Waals surface area contributed by atoms with E-state index in [0.29, 0.717) is 24.1 Å². The second-order valence-electron chi connectivity index (χ2n) is 5.28. The third-order valence-corrected chi connectivity index (χ3v) is 3.57. The molecular weight excluding hydrogens is 262 g/mol. The van der Waals surface area contributed by atoms with Crippen LogP contribution in [0.3, 0.4) is 0 Å². The third-order valence-electron chi connectivity index (χ3n) is 3.57. The van der Waals surface area contributed by atoms with Gasteiger partial charge in [0.05, 0.1) is 18.0 Å². The smallest absolute Gasteiger partial charge is 0.121 e. The Morgan fingerprint density at radius 2 is 1.95 bits per heavy atom. The molecule has 0 heterocycles. The largest absolute Gasteiger partial charge is 0.494 e. The number of hydrogen-bond acceptors (Lipinski definition) is 4. The zero-order chi connectivity index (χ0) is 16.2. The van der Waals surface area contributed by atoms with Crippen molar-refractivity contribution in [2.45, 2.75) is 26.8 Å². The highest BCUT2D eigenvalue weighted by Gasteiger charge is 2.17. The molecule has 4 nitrogen and oxygen atoms in total. The van der Waals surface area contributed by atoms with Gasteiger partial charge in [-0.3, -0.25) is 0 Å².